The van der Waals surface area contributed by atoms with Crippen molar-refractivity contribution in [2.45, 2.75) is 38.6 Å². The van der Waals surface area contributed by atoms with E-state index in [1.54, 1.807) is 12.1 Å². The van der Waals surface area contributed by atoms with E-state index >= 15 is 0 Å². The van der Waals surface area contributed by atoms with E-state index in [0.29, 0.717) is 35.4 Å². The number of nitrogens with one attached hydrogen (secondary N) is 3. The lowest BCUT2D eigenvalue weighted by molar-refractivity contribution is -0.139. The second-order valence-corrected chi connectivity index (χ2v) is 10.6. The minimum absolute atomic E-state index is 0.0913. The number of ketones is 1. The number of carbonyl (C=O) groups excluding carboxylic acids is 4. The molecule has 0 aliphatic carbocycles. The lowest BCUT2D eigenvalue weighted by Gasteiger charge is -2.24. The molecule has 0 saturated carbocycles. The molecule has 1 fully saturated rings. The zero-order chi connectivity index (χ0) is 30.7. The van der Waals surface area contributed by atoms with Gasteiger partial charge in [0.25, 0.3) is 0 Å². The number of hydrogen-bond donors (Lipinski definition) is 3. The highest BCUT2D eigenvalue weighted by Crippen LogP contribution is 2.28. The van der Waals surface area contributed by atoms with Crippen LogP contribution in [-0.2, 0) is 22.7 Å². The zero-order valence-electron chi connectivity index (χ0n) is 23.2. The summed E-state index contributed by atoms with van der Waals surface area (Å²) in [7, 11) is 0. The number of carbonyl (C=O) groups is 4. The number of likely N-dealkylation sites (tertiary alicyclic amines) is 1. The Morgan fingerprint density at radius 2 is 1.98 bits per heavy atom. The van der Waals surface area contributed by atoms with E-state index in [2.05, 4.69) is 20.9 Å². The lowest BCUT2D eigenvalue weighted by Crippen LogP contribution is -2.46. The summed E-state index contributed by atoms with van der Waals surface area (Å²) in [4.78, 5) is 56.4. The van der Waals surface area contributed by atoms with Crippen molar-refractivity contribution in [2.24, 2.45) is 4.99 Å². The molecule has 2 aliphatic rings. The van der Waals surface area contributed by atoms with Gasteiger partial charge in [-0.05, 0) is 31.2 Å². The minimum atomic E-state index is -1.42. The van der Waals surface area contributed by atoms with Crippen LogP contribution in [0.25, 0.3) is 10.9 Å². The number of aromatic nitrogens is 1. The summed E-state index contributed by atoms with van der Waals surface area (Å²) in [6.07, 6.45) is -0.822. The predicted octanol–water partition coefficient (Wildman–Crippen LogP) is 2.98. The molecule has 0 bridgehead atoms. The maximum absolute atomic E-state index is 14.5. The number of Topliss-reactive ketones (excluding diaryl/α,β-unsaturated/α-hetero) is 1. The molecule has 0 unspecified atom stereocenters. The molecule has 0 spiro atoms. The normalized spacial score (nSPS) is 17.9. The van der Waals surface area contributed by atoms with Crippen LogP contribution in [0.2, 0.25) is 5.02 Å². The molecule has 3 amide bonds. The van der Waals surface area contributed by atoms with Crippen LogP contribution in [0.1, 0.15) is 29.3 Å². The number of rotatable bonds is 9. The van der Waals surface area contributed by atoms with Crippen molar-refractivity contribution >= 4 is 52.0 Å². The molecule has 11 nitrogen and oxygen atoms in total. The molecular weight excluding hydrogens is 586 g/mol. The van der Waals surface area contributed by atoms with E-state index in [-0.39, 0.29) is 54.7 Å². The van der Waals surface area contributed by atoms with Crippen LogP contribution < -0.4 is 20.7 Å². The second kappa shape index (κ2) is 12.8. The Labute approximate surface area is 250 Å². The van der Waals surface area contributed by atoms with Gasteiger partial charge in [-0.25, -0.2) is 13.6 Å². The van der Waals surface area contributed by atoms with Crippen molar-refractivity contribution in [3.05, 3.63) is 64.6 Å². The summed E-state index contributed by atoms with van der Waals surface area (Å²) in [5.41, 5.74) is 0.954. The monoisotopic (exact) mass is 614 g/mol. The summed E-state index contributed by atoms with van der Waals surface area (Å²) in [5, 5.41) is 8.56. The second-order valence-electron chi connectivity index (χ2n) is 10.2. The van der Waals surface area contributed by atoms with Gasteiger partial charge in [0.2, 0.25) is 11.8 Å². The number of amidine groups is 1. The van der Waals surface area contributed by atoms with Crippen molar-refractivity contribution in [1.82, 2.24) is 25.4 Å². The first-order valence-corrected chi connectivity index (χ1v) is 14.0. The number of fused-ring (bicyclic) bond motifs is 1. The third kappa shape index (κ3) is 6.77. The van der Waals surface area contributed by atoms with E-state index in [1.165, 1.54) is 42.0 Å². The van der Waals surface area contributed by atoms with E-state index in [9.17, 15) is 28.0 Å². The number of benzene rings is 2. The molecule has 14 heteroatoms. The first-order valence-electron chi connectivity index (χ1n) is 13.6. The van der Waals surface area contributed by atoms with Gasteiger partial charge in [0.1, 0.15) is 36.2 Å². The third-order valence-corrected chi connectivity index (χ3v) is 7.54. The quantitative estimate of drug-likeness (QED) is 0.317. The molecule has 3 heterocycles. The van der Waals surface area contributed by atoms with Gasteiger partial charge >= 0.3 is 6.09 Å². The summed E-state index contributed by atoms with van der Waals surface area (Å²) >= 11 is 5.80. The SMILES string of the molecule is CC(=O)c1cn(CC(=O)N2C[C@H](F)C[C@H]2C(=O)NCc2cccc(Cl)c2F)c2ccc(OC(=O)NCC3=NCCN3)cc12. The fraction of sp³-hybridized carbons (Fsp3) is 0.345. The molecule has 226 valence electrons. The topological polar surface area (TPSA) is 134 Å². The van der Waals surface area contributed by atoms with E-state index in [1.807, 2.05) is 0 Å². The number of aliphatic imine (C=N–C) groups is 1. The van der Waals surface area contributed by atoms with Gasteiger partial charge in [-0.1, -0.05) is 23.7 Å². The molecule has 1 saturated heterocycles. The summed E-state index contributed by atoms with van der Waals surface area (Å²) in [6.45, 7) is 2.16. The first kappa shape index (κ1) is 30.0. The van der Waals surface area contributed by atoms with Gasteiger partial charge in [0, 0.05) is 47.7 Å². The number of halogens is 3. The van der Waals surface area contributed by atoms with Crippen molar-refractivity contribution < 1.29 is 32.7 Å². The number of hydrogen-bond acceptors (Lipinski definition) is 7. The van der Waals surface area contributed by atoms with Crippen LogP contribution >= 0.6 is 11.6 Å². The summed E-state index contributed by atoms with van der Waals surface area (Å²) in [6, 6.07) is 7.95. The van der Waals surface area contributed by atoms with Crippen molar-refractivity contribution in [3.63, 3.8) is 0 Å². The van der Waals surface area contributed by atoms with Gasteiger partial charge in [0.15, 0.2) is 5.78 Å². The number of alkyl halides is 1. The molecule has 3 aromatic rings. The molecular formula is C29H29ClF2N6O5. The van der Waals surface area contributed by atoms with Crippen LogP contribution in [0, 0.1) is 5.82 Å². The fourth-order valence-corrected chi connectivity index (χ4v) is 5.34. The van der Waals surface area contributed by atoms with Crippen LogP contribution in [0.4, 0.5) is 13.6 Å². The number of ether oxygens (including phenoxy) is 1. The Hall–Kier alpha value is -4.52. The van der Waals surface area contributed by atoms with Crippen LogP contribution in [0.15, 0.2) is 47.6 Å². The minimum Gasteiger partial charge on any atom is -0.410 e. The van der Waals surface area contributed by atoms with E-state index < -0.39 is 35.9 Å². The summed E-state index contributed by atoms with van der Waals surface area (Å²) < 4.78 is 35.6. The van der Waals surface area contributed by atoms with Crippen molar-refractivity contribution in [1.29, 1.82) is 0 Å². The van der Waals surface area contributed by atoms with Crippen molar-refractivity contribution in [3.8, 4) is 5.75 Å². The Bertz CT molecular complexity index is 1630. The van der Waals surface area contributed by atoms with Crippen LogP contribution in [0.3, 0.4) is 0 Å². The molecule has 0 radical (unpaired) electrons. The molecule has 43 heavy (non-hydrogen) atoms. The van der Waals surface area contributed by atoms with Gasteiger partial charge in [-0.3, -0.25) is 19.4 Å². The number of amides is 3. The highest BCUT2D eigenvalue weighted by molar-refractivity contribution is 6.30. The molecule has 2 atom stereocenters. The average molecular weight is 615 g/mol. The third-order valence-electron chi connectivity index (χ3n) is 7.25. The van der Waals surface area contributed by atoms with Gasteiger partial charge in [-0.15, -0.1) is 0 Å². The highest BCUT2D eigenvalue weighted by Gasteiger charge is 2.39. The zero-order valence-corrected chi connectivity index (χ0v) is 23.9. The molecule has 1 aromatic heterocycles. The van der Waals surface area contributed by atoms with Crippen LogP contribution in [0.5, 0.6) is 5.75 Å². The van der Waals surface area contributed by atoms with E-state index in [0.717, 1.165) is 4.90 Å². The fourth-order valence-electron chi connectivity index (χ4n) is 5.15. The smallest absolute Gasteiger partial charge is 0.410 e. The van der Waals surface area contributed by atoms with Gasteiger partial charge < -0.3 is 30.2 Å². The lowest BCUT2D eigenvalue weighted by atomic mass is 10.1. The van der Waals surface area contributed by atoms with Crippen molar-refractivity contribution in [2.75, 3.05) is 26.2 Å². The van der Waals surface area contributed by atoms with Gasteiger partial charge in [-0.2, -0.15) is 0 Å². The molecule has 2 aliphatic heterocycles. The Balaban J connectivity index is 1.28. The molecule has 5 rings (SSSR count). The van der Waals surface area contributed by atoms with Crippen LogP contribution in [-0.4, -0.2) is 77.4 Å². The Morgan fingerprint density at radius 1 is 1.16 bits per heavy atom. The first-order chi connectivity index (χ1) is 20.6. The number of nitrogens with zero attached hydrogens (tertiary/aromatic N) is 3. The predicted molar refractivity (Wildman–Crippen MR) is 155 cm³/mol. The maximum Gasteiger partial charge on any atom is 0.412 e. The average Bonchev–Trinajstić information content (AvgIpc) is 3.72. The highest BCUT2D eigenvalue weighted by atomic mass is 35.5. The summed E-state index contributed by atoms with van der Waals surface area (Å²) in [5.74, 6) is -1.27. The largest absolute Gasteiger partial charge is 0.412 e. The molecule has 3 N–H and O–H groups in total. The standard InChI is InChI=1S/C29H29ClF2N6O5/c1-16(39)21-14-37(23-6-5-19(10-20(21)23)43-29(42)36-12-25-33-7-8-34-25)15-26(40)38-13-18(31)9-24(38)28(41)35-11-17-3-2-4-22(30)27(17)32/h2-6,10,14,18,24H,7-9,11-13,15H2,1H3,(H,33,34)(H,35,41)(H,36,42)/t18-,24+/m1/s1. The van der Waals surface area contributed by atoms with E-state index in [4.69, 9.17) is 16.3 Å². The Kier molecular flexibility index (Phi) is 8.90. The molecule has 2 aromatic carbocycles. The van der Waals surface area contributed by atoms with Gasteiger partial charge in [0.05, 0.1) is 24.7 Å². The Morgan fingerprint density at radius 3 is 2.72 bits per heavy atom. The maximum atomic E-state index is 14.5.